The second-order valence-electron chi connectivity index (χ2n) is 3.69. The molecule has 0 bridgehead atoms. The molecule has 0 amide bonds. The molecular weight excluding hydrogens is 190 g/mol. The Kier molecular flexibility index (Phi) is 4.31. The highest BCUT2D eigenvalue weighted by Crippen LogP contribution is 2.31. The lowest BCUT2D eigenvalue weighted by atomic mass is 10.0. The van der Waals surface area contributed by atoms with Crippen LogP contribution in [0.4, 0.5) is 0 Å². The van der Waals surface area contributed by atoms with Crippen LogP contribution in [-0.4, -0.2) is 17.6 Å². The van der Waals surface area contributed by atoms with Crippen molar-refractivity contribution in [3.8, 4) is 0 Å². The third-order valence-corrected chi connectivity index (χ3v) is 2.54. The highest BCUT2D eigenvalue weighted by Gasteiger charge is 2.19. The van der Waals surface area contributed by atoms with Gasteiger partial charge in [0.15, 0.2) is 0 Å². The fraction of sp³-hybridized carbons (Fsp3) is 0.417. The summed E-state index contributed by atoms with van der Waals surface area (Å²) in [5.74, 6) is -0.203. The normalized spacial score (nSPS) is 17.6. The van der Waals surface area contributed by atoms with Crippen molar-refractivity contribution in [2.45, 2.75) is 25.7 Å². The molecule has 2 rings (SSSR count). The molecular formula is C12H17NO2. The van der Waals surface area contributed by atoms with Crippen LogP contribution in [0.5, 0.6) is 0 Å². The molecule has 1 aliphatic rings. The molecule has 0 radical (unpaired) electrons. The predicted octanol–water partition coefficient (Wildman–Crippen LogP) is 1.77. The number of carboxylic acid groups (broad SMARTS) is 1. The Morgan fingerprint density at radius 1 is 1.53 bits per heavy atom. The van der Waals surface area contributed by atoms with E-state index < -0.39 is 5.97 Å². The third-order valence-electron chi connectivity index (χ3n) is 2.54. The molecule has 0 fully saturated rings. The molecule has 1 atom stereocenters. The van der Waals surface area contributed by atoms with Crippen molar-refractivity contribution < 1.29 is 9.90 Å². The molecule has 3 heteroatoms. The van der Waals surface area contributed by atoms with E-state index in [9.17, 15) is 0 Å². The van der Waals surface area contributed by atoms with Gasteiger partial charge in [0.05, 0.1) is 0 Å². The number of rotatable bonds is 1. The number of benzene rings is 1. The van der Waals surface area contributed by atoms with Gasteiger partial charge in [-0.3, -0.25) is 4.79 Å². The van der Waals surface area contributed by atoms with E-state index in [4.69, 9.17) is 15.6 Å². The van der Waals surface area contributed by atoms with E-state index in [0.29, 0.717) is 5.92 Å². The van der Waals surface area contributed by atoms with Gasteiger partial charge in [0, 0.05) is 6.92 Å². The summed E-state index contributed by atoms with van der Waals surface area (Å²) in [6.07, 6.45) is 2.47. The average Bonchev–Trinajstić information content (AvgIpc) is 2.59. The SMILES string of the molecule is CC(=O)O.NCC1CCc2ccccc21. The van der Waals surface area contributed by atoms with Gasteiger partial charge in [0.1, 0.15) is 0 Å². The smallest absolute Gasteiger partial charge is 0.300 e. The lowest BCUT2D eigenvalue weighted by molar-refractivity contribution is -0.134. The molecule has 0 aliphatic heterocycles. The molecule has 1 aliphatic carbocycles. The first-order valence-electron chi connectivity index (χ1n) is 5.12. The van der Waals surface area contributed by atoms with Crippen LogP contribution in [0.25, 0.3) is 0 Å². The van der Waals surface area contributed by atoms with Crippen LogP contribution in [0.3, 0.4) is 0 Å². The maximum absolute atomic E-state index is 9.00. The van der Waals surface area contributed by atoms with Crippen molar-refractivity contribution in [2.75, 3.05) is 6.54 Å². The second-order valence-corrected chi connectivity index (χ2v) is 3.69. The van der Waals surface area contributed by atoms with Gasteiger partial charge >= 0.3 is 0 Å². The standard InChI is InChI=1S/C10H13N.C2H4O2/c11-7-9-6-5-8-3-1-2-4-10(8)9;1-2(3)4/h1-4,9H,5-7,11H2;1H3,(H,3,4). The largest absolute Gasteiger partial charge is 0.481 e. The van der Waals surface area contributed by atoms with Crippen molar-refractivity contribution in [3.05, 3.63) is 35.4 Å². The molecule has 0 heterocycles. The van der Waals surface area contributed by atoms with E-state index in [2.05, 4.69) is 24.3 Å². The van der Waals surface area contributed by atoms with Crippen LogP contribution in [0, 0.1) is 0 Å². The zero-order chi connectivity index (χ0) is 11.3. The van der Waals surface area contributed by atoms with Crippen LogP contribution in [-0.2, 0) is 11.2 Å². The van der Waals surface area contributed by atoms with E-state index in [1.807, 2.05) is 0 Å². The summed E-state index contributed by atoms with van der Waals surface area (Å²) in [6, 6.07) is 8.63. The van der Waals surface area contributed by atoms with Crippen molar-refractivity contribution in [2.24, 2.45) is 5.73 Å². The molecule has 0 saturated heterocycles. The van der Waals surface area contributed by atoms with Crippen LogP contribution in [0.2, 0.25) is 0 Å². The van der Waals surface area contributed by atoms with Gasteiger partial charge in [-0.05, 0) is 36.4 Å². The molecule has 3 nitrogen and oxygen atoms in total. The van der Waals surface area contributed by atoms with Gasteiger partial charge in [0.25, 0.3) is 5.97 Å². The Labute approximate surface area is 89.9 Å². The maximum Gasteiger partial charge on any atom is 0.300 e. The van der Waals surface area contributed by atoms with Crippen LogP contribution < -0.4 is 5.73 Å². The van der Waals surface area contributed by atoms with Crippen molar-refractivity contribution in [3.63, 3.8) is 0 Å². The zero-order valence-electron chi connectivity index (χ0n) is 8.94. The number of hydrogen-bond acceptors (Lipinski definition) is 2. The van der Waals surface area contributed by atoms with E-state index in [-0.39, 0.29) is 0 Å². The second kappa shape index (κ2) is 5.51. The van der Waals surface area contributed by atoms with E-state index in [1.54, 1.807) is 0 Å². The maximum atomic E-state index is 9.00. The summed E-state index contributed by atoms with van der Waals surface area (Å²) in [6.45, 7) is 1.89. The minimum absolute atomic E-state index is 0.631. The van der Waals surface area contributed by atoms with Gasteiger partial charge in [-0.15, -0.1) is 0 Å². The molecule has 1 unspecified atom stereocenters. The van der Waals surface area contributed by atoms with Crippen molar-refractivity contribution in [1.29, 1.82) is 0 Å². The first-order chi connectivity index (χ1) is 7.15. The minimum Gasteiger partial charge on any atom is -0.481 e. The first kappa shape index (κ1) is 11.7. The van der Waals surface area contributed by atoms with E-state index in [1.165, 1.54) is 24.0 Å². The van der Waals surface area contributed by atoms with Crippen LogP contribution in [0.15, 0.2) is 24.3 Å². The molecule has 3 N–H and O–H groups in total. The Morgan fingerprint density at radius 2 is 2.13 bits per heavy atom. The zero-order valence-corrected chi connectivity index (χ0v) is 8.94. The van der Waals surface area contributed by atoms with Crippen molar-refractivity contribution >= 4 is 5.97 Å². The lowest BCUT2D eigenvalue weighted by Gasteiger charge is -2.06. The Hall–Kier alpha value is -1.35. The first-order valence-corrected chi connectivity index (χ1v) is 5.12. The number of aliphatic carboxylic acids is 1. The van der Waals surface area contributed by atoms with Gasteiger partial charge in [-0.2, -0.15) is 0 Å². The number of fused-ring (bicyclic) bond motifs is 1. The summed E-state index contributed by atoms with van der Waals surface area (Å²) >= 11 is 0. The van der Waals surface area contributed by atoms with Gasteiger partial charge in [-0.1, -0.05) is 24.3 Å². The Morgan fingerprint density at radius 3 is 2.73 bits per heavy atom. The number of carbonyl (C=O) groups is 1. The average molecular weight is 207 g/mol. The summed E-state index contributed by atoms with van der Waals surface area (Å²) < 4.78 is 0. The topological polar surface area (TPSA) is 63.3 Å². The monoisotopic (exact) mass is 207 g/mol. The quantitative estimate of drug-likeness (QED) is 0.737. The predicted molar refractivity (Wildman–Crippen MR) is 59.9 cm³/mol. The van der Waals surface area contributed by atoms with E-state index >= 15 is 0 Å². The Bertz CT molecular complexity index is 332. The molecule has 15 heavy (non-hydrogen) atoms. The summed E-state index contributed by atoms with van der Waals surface area (Å²) in [5.41, 5.74) is 8.63. The Balaban J connectivity index is 0.000000245. The highest BCUT2D eigenvalue weighted by atomic mass is 16.4. The summed E-state index contributed by atoms with van der Waals surface area (Å²) in [4.78, 5) is 9.00. The number of aryl methyl sites for hydroxylation is 1. The van der Waals surface area contributed by atoms with Gasteiger partial charge in [0.2, 0.25) is 0 Å². The fourth-order valence-corrected chi connectivity index (χ4v) is 1.89. The molecule has 1 aromatic carbocycles. The number of hydrogen-bond donors (Lipinski definition) is 2. The summed E-state index contributed by atoms with van der Waals surface area (Å²) in [7, 11) is 0. The van der Waals surface area contributed by atoms with Crippen LogP contribution >= 0.6 is 0 Å². The fourth-order valence-electron chi connectivity index (χ4n) is 1.89. The summed E-state index contributed by atoms with van der Waals surface area (Å²) in [5, 5.41) is 7.42. The van der Waals surface area contributed by atoms with Gasteiger partial charge < -0.3 is 10.8 Å². The molecule has 0 spiro atoms. The molecule has 82 valence electrons. The molecule has 0 saturated carbocycles. The van der Waals surface area contributed by atoms with E-state index in [0.717, 1.165) is 13.5 Å². The van der Waals surface area contributed by atoms with Gasteiger partial charge in [-0.25, -0.2) is 0 Å². The number of carboxylic acids is 1. The van der Waals surface area contributed by atoms with Crippen LogP contribution in [0.1, 0.15) is 30.4 Å². The molecule has 0 aromatic heterocycles. The number of nitrogens with two attached hydrogens (primary N) is 1. The molecule has 1 aromatic rings. The van der Waals surface area contributed by atoms with Crippen molar-refractivity contribution in [1.82, 2.24) is 0 Å². The third kappa shape index (κ3) is 3.36. The highest BCUT2D eigenvalue weighted by molar-refractivity contribution is 5.62. The minimum atomic E-state index is -0.833. The lowest BCUT2D eigenvalue weighted by Crippen LogP contribution is -2.08.